The number of rotatable bonds is 1. The zero-order chi connectivity index (χ0) is 8.89. The molecule has 3 fully saturated rings. The Morgan fingerprint density at radius 3 is 2.92 bits per heavy atom. The van der Waals surface area contributed by atoms with E-state index in [2.05, 4.69) is 28.9 Å². The van der Waals surface area contributed by atoms with Gasteiger partial charge >= 0.3 is 0 Å². The van der Waals surface area contributed by atoms with Crippen LogP contribution in [0.1, 0.15) is 26.2 Å². The maximum atomic E-state index is 3.72. The summed E-state index contributed by atoms with van der Waals surface area (Å²) in [5.41, 5.74) is 0. The second-order valence-electron chi connectivity index (χ2n) is 4.76. The van der Waals surface area contributed by atoms with Crippen molar-refractivity contribution < 1.29 is 0 Å². The molecule has 2 aliphatic heterocycles. The summed E-state index contributed by atoms with van der Waals surface area (Å²) >= 11 is 2.17. The molecule has 0 amide bonds. The summed E-state index contributed by atoms with van der Waals surface area (Å²) in [6, 6.07) is 0.956. The highest BCUT2D eigenvalue weighted by molar-refractivity contribution is 8.01. The fourth-order valence-electron chi connectivity index (χ4n) is 2.60. The van der Waals surface area contributed by atoms with E-state index in [1.807, 2.05) is 0 Å². The summed E-state index contributed by atoms with van der Waals surface area (Å²) in [5, 5.41) is 4.53. The predicted octanol–water partition coefficient (Wildman–Crippen LogP) is 1.28. The van der Waals surface area contributed by atoms with E-state index in [1.54, 1.807) is 0 Å². The van der Waals surface area contributed by atoms with E-state index in [-0.39, 0.29) is 0 Å². The Bertz CT molecular complexity index is 217. The molecule has 1 saturated carbocycles. The fraction of sp³-hybridized carbons (Fsp3) is 1.00. The normalized spacial score (nSPS) is 46.4. The highest BCUT2D eigenvalue weighted by atomic mass is 32.2. The molecule has 2 atom stereocenters. The highest BCUT2D eigenvalue weighted by Gasteiger charge is 2.46. The Hall–Kier alpha value is 0.270. The lowest BCUT2D eigenvalue weighted by atomic mass is 10.2. The molecule has 2 saturated heterocycles. The minimum absolute atomic E-state index is 0.446. The van der Waals surface area contributed by atoms with Crippen LogP contribution in [0.4, 0.5) is 0 Å². The van der Waals surface area contributed by atoms with E-state index in [9.17, 15) is 0 Å². The van der Waals surface area contributed by atoms with Crippen molar-refractivity contribution in [2.75, 3.05) is 19.6 Å². The molecule has 3 aliphatic rings. The van der Waals surface area contributed by atoms with E-state index >= 15 is 0 Å². The quantitative estimate of drug-likeness (QED) is 0.683. The Kier molecular flexibility index (Phi) is 1.90. The number of hydrogen-bond acceptors (Lipinski definition) is 3. The smallest absolute Gasteiger partial charge is 0.0789 e. The molecule has 0 aromatic heterocycles. The third-order valence-electron chi connectivity index (χ3n) is 3.46. The van der Waals surface area contributed by atoms with Crippen LogP contribution in [0.15, 0.2) is 0 Å². The predicted molar refractivity (Wildman–Crippen MR) is 57.0 cm³/mol. The number of thioether (sulfide) groups is 1. The van der Waals surface area contributed by atoms with E-state index in [0.29, 0.717) is 4.87 Å². The first-order valence-corrected chi connectivity index (χ1v) is 6.32. The Labute approximate surface area is 84.4 Å². The molecule has 2 unspecified atom stereocenters. The molecule has 1 N–H and O–H groups in total. The molecule has 2 nitrogen and oxygen atoms in total. The SMILES string of the molecule is CC1CNC2(CCN(C3CC3)C2)S1. The molecule has 2 heterocycles. The van der Waals surface area contributed by atoms with Crippen molar-refractivity contribution in [1.29, 1.82) is 0 Å². The average molecular weight is 198 g/mol. The van der Waals surface area contributed by atoms with E-state index in [4.69, 9.17) is 0 Å². The van der Waals surface area contributed by atoms with Gasteiger partial charge in [-0.25, -0.2) is 0 Å². The zero-order valence-corrected chi connectivity index (χ0v) is 9.07. The molecule has 0 radical (unpaired) electrons. The van der Waals surface area contributed by atoms with E-state index in [1.165, 1.54) is 38.9 Å². The van der Waals surface area contributed by atoms with Crippen LogP contribution in [0, 0.1) is 0 Å². The van der Waals surface area contributed by atoms with Gasteiger partial charge in [-0.1, -0.05) is 6.92 Å². The molecule has 3 rings (SSSR count). The van der Waals surface area contributed by atoms with Gasteiger partial charge < -0.3 is 5.32 Å². The van der Waals surface area contributed by atoms with Crippen molar-refractivity contribution >= 4 is 11.8 Å². The maximum Gasteiger partial charge on any atom is 0.0789 e. The first-order valence-electron chi connectivity index (χ1n) is 5.44. The number of nitrogens with one attached hydrogen (secondary N) is 1. The highest BCUT2D eigenvalue weighted by Crippen LogP contribution is 2.42. The Morgan fingerprint density at radius 1 is 1.46 bits per heavy atom. The van der Waals surface area contributed by atoms with Crippen LogP contribution in [0.3, 0.4) is 0 Å². The minimum atomic E-state index is 0.446. The van der Waals surface area contributed by atoms with Crippen LogP contribution >= 0.6 is 11.8 Å². The second-order valence-corrected chi connectivity index (χ2v) is 6.58. The lowest BCUT2D eigenvalue weighted by Gasteiger charge is -2.23. The van der Waals surface area contributed by atoms with Gasteiger partial charge in [-0.3, -0.25) is 4.90 Å². The second kappa shape index (κ2) is 2.88. The van der Waals surface area contributed by atoms with Gasteiger partial charge in [0.05, 0.1) is 4.87 Å². The summed E-state index contributed by atoms with van der Waals surface area (Å²) in [4.78, 5) is 3.14. The molecule has 13 heavy (non-hydrogen) atoms. The largest absolute Gasteiger partial charge is 0.301 e. The Morgan fingerprint density at radius 2 is 2.31 bits per heavy atom. The fourth-order valence-corrected chi connectivity index (χ4v) is 4.15. The Balaban J connectivity index is 1.66. The minimum Gasteiger partial charge on any atom is -0.301 e. The van der Waals surface area contributed by atoms with Crippen molar-refractivity contribution in [2.45, 2.75) is 42.3 Å². The average Bonchev–Trinajstić information content (AvgIpc) is 2.80. The monoisotopic (exact) mass is 198 g/mol. The molecule has 3 heteroatoms. The third kappa shape index (κ3) is 1.51. The number of nitrogens with zero attached hydrogens (tertiary/aromatic N) is 1. The van der Waals surface area contributed by atoms with Crippen molar-refractivity contribution in [1.82, 2.24) is 10.2 Å². The summed E-state index contributed by atoms with van der Waals surface area (Å²) in [5.74, 6) is 0. The van der Waals surface area contributed by atoms with Gasteiger partial charge in [0, 0.05) is 30.9 Å². The van der Waals surface area contributed by atoms with Crippen molar-refractivity contribution in [3.05, 3.63) is 0 Å². The van der Waals surface area contributed by atoms with Gasteiger partial charge in [-0.2, -0.15) is 0 Å². The van der Waals surface area contributed by atoms with Crippen LogP contribution in [0.25, 0.3) is 0 Å². The van der Waals surface area contributed by atoms with Gasteiger partial charge in [-0.05, 0) is 19.3 Å². The topological polar surface area (TPSA) is 15.3 Å². The standard InChI is InChI=1S/C10H18N2S/c1-8-6-11-10(13-8)4-5-12(7-10)9-2-3-9/h8-9,11H,2-7H2,1H3. The number of hydrogen-bond donors (Lipinski definition) is 1. The van der Waals surface area contributed by atoms with Crippen LogP contribution in [-0.2, 0) is 0 Å². The van der Waals surface area contributed by atoms with Gasteiger partial charge in [0.15, 0.2) is 0 Å². The molecule has 1 aliphatic carbocycles. The molecule has 1 spiro atoms. The van der Waals surface area contributed by atoms with Crippen LogP contribution < -0.4 is 5.32 Å². The molecule has 0 aromatic carbocycles. The first kappa shape index (κ1) is 8.57. The summed E-state index contributed by atoms with van der Waals surface area (Å²) < 4.78 is 0. The van der Waals surface area contributed by atoms with Gasteiger partial charge in [-0.15, -0.1) is 11.8 Å². The van der Waals surface area contributed by atoms with Crippen LogP contribution in [0.2, 0.25) is 0 Å². The van der Waals surface area contributed by atoms with Gasteiger partial charge in [0.1, 0.15) is 0 Å². The number of likely N-dealkylation sites (tertiary alicyclic amines) is 1. The third-order valence-corrected chi connectivity index (χ3v) is 4.96. The van der Waals surface area contributed by atoms with Gasteiger partial charge in [0.25, 0.3) is 0 Å². The maximum absolute atomic E-state index is 3.72. The van der Waals surface area contributed by atoms with Gasteiger partial charge in [0.2, 0.25) is 0 Å². The lowest BCUT2D eigenvalue weighted by molar-refractivity contribution is 0.314. The summed E-state index contributed by atoms with van der Waals surface area (Å²) in [7, 11) is 0. The summed E-state index contributed by atoms with van der Waals surface area (Å²) in [6.45, 7) is 6.18. The van der Waals surface area contributed by atoms with Crippen molar-refractivity contribution in [2.24, 2.45) is 0 Å². The summed E-state index contributed by atoms with van der Waals surface area (Å²) in [6.07, 6.45) is 4.27. The van der Waals surface area contributed by atoms with E-state index < -0.39 is 0 Å². The van der Waals surface area contributed by atoms with Crippen molar-refractivity contribution in [3.63, 3.8) is 0 Å². The molecular weight excluding hydrogens is 180 g/mol. The molecule has 0 aromatic rings. The van der Waals surface area contributed by atoms with Crippen LogP contribution in [-0.4, -0.2) is 40.7 Å². The lowest BCUT2D eigenvalue weighted by Crippen LogP contribution is -2.40. The zero-order valence-electron chi connectivity index (χ0n) is 8.25. The van der Waals surface area contributed by atoms with Crippen molar-refractivity contribution in [3.8, 4) is 0 Å². The van der Waals surface area contributed by atoms with Crippen LogP contribution in [0.5, 0.6) is 0 Å². The molecule has 0 bridgehead atoms. The van der Waals surface area contributed by atoms with E-state index in [0.717, 1.165) is 11.3 Å². The first-order chi connectivity index (χ1) is 6.27. The molecular formula is C10H18N2S. The molecule has 74 valence electrons.